The monoisotopic (exact) mass is 279 g/mol. The van der Waals surface area contributed by atoms with Gasteiger partial charge in [-0.3, -0.25) is 9.79 Å². The topological polar surface area (TPSA) is 58.7 Å². The molecule has 0 bridgehead atoms. The van der Waals surface area contributed by atoms with Gasteiger partial charge in [0.05, 0.1) is 11.4 Å². The summed E-state index contributed by atoms with van der Waals surface area (Å²) in [6.07, 6.45) is -0.878. The summed E-state index contributed by atoms with van der Waals surface area (Å²) in [5.41, 5.74) is 10.5. The lowest BCUT2D eigenvalue weighted by molar-refractivity contribution is -0.119. The number of likely N-dealkylation sites (N-methyl/N-ethyl adjacent to an activating group) is 1. The van der Waals surface area contributed by atoms with Gasteiger partial charge in [-0.25, -0.2) is 0 Å². The molecule has 21 heavy (non-hydrogen) atoms. The van der Waals surface area contributed by atoms with Gasteiger partial charge in [0, 0.05) is 18.2 Å². The maximum absolute atomic E-state index is 12.3. The lowest BCUT2D eigenvalue weighted by Gasteiger charge is -2.21. The summed E-state index contributed by atoms with van der Waals surface area (Å²) in [7, 11) is 1.75. The van der Waals surface area contributed by atoms with Crippen molar-refractivity contribution in [3.05, 3.63) is 65.2 Å². The lowest BCUT2D eigenvalue weighted by Crippen LogP contribution is -2.40. The van der Waals surface area contributed by atoms with Gasteiger partial charge < -0.3 is 10.6 Å². The number of hydrogen-bond acceptors (Lipinski definition) is 3. The first-order valence-corrected chi connectivity index (χ1v) is 6.86. The van der Waals surface area contributed by atoms with E-state index in [2.05, 4.69) is 4.99 Å². The van der Waals surface area contributed by atoms with Crippen molar-refractivity contribution in [3.63, 3.8) is 0 Å². The van der Waals surface area contributed by atoms with Gasteiger partial charge in [0.1, 0.15) is 0 Å². The minimum atomic E-state index is -0.878. The lowest BCUT2D eigenvalue weighted by atomic mass is 9.98. The van der Waals surface area contributed by atoms with Gasteiger partial charge in [0.15, 0.2) is 6.17 Å². The van der Waals surface area contributed by atoms with Gasteiger partial charge in [0.25, 0.3) is 5.91 Å². The average molecular weight is 279 g/mol. The molecule has 0 saturated carbocycles. The molecular formula is C17H17N3O. The van der Waals surface area contributed by atoms with Crippen LogP contribution in [0.4, 0.5) is 5.69 Å². The van der Waals surface area contributed by atoms with Crippen LogP contribution in [0, 0.1) is 6.92 Å². The van der Waals surface area contributed by atoms with Gasteiger partial charge in [-0.1, -0.05) is 48.5 Å². The Hall–Kier alpha value is -2.46. The fraction of sp³-hybridized carbons (Fsp3) is 0.176. The highest BCUT2D eigenvalue weighted by atomic mass is 16.2. The number of fused-ring (bicyclic) bond motifs is 1. The van der Waals surface area contributed by atoms with E-state index in [0.29, 0.717) is 0 Å². The van der Waals surface area contributed by atoms with E-state index in [0.717, 1.165) is 28.1 Å². The zero-order valence-corrected chi connectivity index (χ0v) is 12.1. The van der Waals surface area contributed by atoms with Crippen molar-refractivity contribution in [2.75, 3.05) is 11.9 Å². The van der Waals surface area contributed by atoms with Crippen LogP contribution < -0.4 is 10.6 Å². The van der Waals surface area contributed by atoms with Crippen LogP contribution in [0.1, 0.15) is 16.7 Å². The Kier molecular flexibility index (Phi) is 3.31. The number of aliphatic imine (C=N–C) groups is 1. The molecule has 1 aliphatic rings. The summed E-state index contributed by atoms with van der Waals surface area (Å²) in [5, 5.41) is 0. The van der Waals surface area contributed by atoms with E-state index in [9.17, 15) is 4.79 Å². The van der Waals surface area contributed by atoms with E-state index in [1.807, 2.05) is 55.5 Å². The number of aryl methyl sites for hydroxylation is 1. The smallest absolute Gasteiger partial charge is 0.266 e. The minimum Gasteiger partial charge on any atom is -0.312 e. The number of anilines is 1. The van der Waals surface area contributed by atoms with Crippen LogP contribution in [-0.4, -0.2) is 24.8 Å². The summed E-state index contributed by atoms with van der Waals surface area (Å²) >= 11 is 0. The minimum absolute atomic E-state index is 0.198. The Morgan fingerprint density at radius 3 is 2.52 bits per heavy atom. The van der Waals surface area contributed by atoms with E-state index >= 15 is 0 Å². The SMILES string of the molecule is Cc1cccc2c1N(C)C(=O)C(N)N=C2c1ccccc1. The molecule has 2 aromatic carbocycles. The molecule has 2 N–H and O–H groups in total. The highest BCUT2D eigenvalue weighted by Crippen LogP contribution is 2.29. The van der Waals surface area contributed by atoms with Crippen LogP contribution in [0.5, 0.6) is 0 Å². The third kappa shape index (κ3) is 2.23. The first-order valence-electron chi connectivity index (χ1n) is 6.86. The molecule has 3 rings (SSSR count). The van der Waals surface area contributed by atoms with Gasteiger partial charge in [-0.05, 0) is 12.5 Å². The maximum atomic E-state index is 12.3. The average Bonchev–Trinajstić information content (AvgIpc) is 2.60. The number of carbonyl (C=O) groups is 1. The predicted octanol–water partition coefficient (Wildman–Crippen LogP) is 2.09. The van der Waals surface area contributed by atoms with Gasteiger partial charge >= 0.3 is 0 Å². The fourth-order valence-electron chi connectivity index (χ4n) is 2.69. The molecule has 1 unspecified atom stereocenters. The second-order valence-corrected chi connectivity index (χ2v) is 5.16. The van der Waals surface area contributed by atoms with Gasteiger partial charge in [-0.15, -0.1) is 0 Å². The molecule has 1 amide bonds. The number of benzene rings is 2. The van der Waals surface area contributed by atoms with E-state index in [-0.39, 0.29) is 5.91 Å². The Morgan fingerprint density at radius 1 is 1.10 bits per heavy atom. The van der Waals surface area contributed by atoms with Crippen molar-refractivity contribution < 1.29 is 4.79 Å². The molecule has 4 nitrogen and oxygen atoms in total. The summed E-state index contributed by atoms with van der Waals surface area (Å²) in [6, 6.07) is 15.8. The van der Waals surface area contributed by atoms with Crippen LogP contribution in [-0.2, 0) is 4.79 Å². The molecule has 0 saturated heterocycles. The third-order valence-electron chi connectivity index (χ3n) is 3.73. The molecular weight excluding hydrogens is 262 g/mol. The zero-order valence-electron chi connectivity index (χ0n) is 12.1. The van der Waals surface area contributed by atoms with Crippen molar-refractivity contribution in [3.8, 4) is 0 Å². The molecule has 1 heterocycles. The van der Waals surface area contributed by atoms with Crippen LogP contribution >= 0.6 is 0 Å². The highest BCUT2D eigenvalue weighted by molar-refractivity contribution is 6.20. The quantitative estimate of drug-likeness (QED) is 0.869. The fourth-order valence-corrected chi connectivity index (χ4v) is 2.69. The molecule has 0 fully saturated rings. The largest absolute Gasteiger partial charge is 0.312 e. The second kappa shape index (κ2) is 5.14. The summed E-state index contributed by atoms with van der Waals surface area (Å²) in [5.74, 6) is -0.198. The third-order valence-corrected chi connectivity index (χ3v) is 3.73. The first-order chi connectivity index (χ1) is 10.1. The number of carbonyl (C=O) groups excluding carboxylic acids is 1. The van der Waals surface area contributed by atoms with E-state index < -0.39 is 6.17 Å². The number of benzodiazepines with no additional fused rings is 1. The van der Waals surface area contributed by atoms with Crippen molar-refractivity contribution >= 4 is 17.3 Å². The summed E-state index contributed by atoms with van der Waals surface area (Å²) in [6.45, 7) is 1.99. The summed E-state index contributed by atoms with van der Waals surface area (Å²) < 4.78 is 0. The number of rotatable bonds is 1. The Bertz CT molecular complexity index is 722. The summed E-state index contributed by atoms with van der Waals surface area (Å²) in [4.78, 5) is 18.4. The standard InChI is InChI=1S/C17H17N3O/c1-11-7-6-10-13-14(12-8-4-3-5-9-12)19-16(18)17(21)20(2)15(11)13/h3-10,16H,18H2,1-2H3. The zero-order chi connectivity index (χ0) is 15.0. The van der Waals surface area contributed by atoms with E-state index in [1.54, 1.807) is 11.9 Å². The second-order valence-electron chi connectivity index (χ2n) is 5.16. The van der Waals surface area contributed by atoms with Crippen LogP contribution in [0.25, 0.3) is 0 Å². The van der Waals surface area contributed by atoms with Gasteiger partial charge in [0.2, 0.25) is 0 Å². The van der Waals surface area contributed by atoms with Crippen molar-refractivity contribution in [1.82, 2.24) is 0 Å². The number of amides is 1. The molecule has 106 valence electrons. The van der Waals surface area contributed by atoms with Crippen molar-refractivity contribution in [2.45, 2.75) is 13.1 Å². The number of nitrogens with two attached hydrogens (primary N) is 1. The molecule has 0 aromatic heterocycles. The Balaban J connectivity index is 2.29. The van der Waals surface area contributed by atoms with Crippen molar-refractivity contribution in [1.29, 1.82) is 0 Å². The maximum Gasteiger partial charge on any atom is 0.266 e. The molecule has 1 atom stereocenters. The molecule has 0 radical (unpaired) electrons. The first kappa shape index (κ1) is 13.5. The van der Waals surface area contributed by atoms with Gasteiger partial charge in [-0.2, -0.15) is 0 Å². The van der Waals surface area contributed by atoms with Crippen LogP contribution in [0.2, 0.25) is 0 Å². The van der Waals surface area contributed by atoms with E-state index in [4.69, 9.17) is 5.73 Å². The number of nitrogens with zero attached hydrogens (tertiary/aromatic N) is 2. The molecule has 0 aliphatic carbocycles. The van der Waals surface area contributed by atoms with E-state index in [1.165, 1.54) is 0 Å². The number of hydrogen-bond donors (Lipinski definition) is 1. The molecule has 1 aliphatic heterocycles. The molecule has 4 heteroatoms. The van der Waals surface area contributed by atoms with Crippen LogP contribution in [0.3, 0.4) is 0 Å². The molecule has 0 spiro atoms. The molecule has 2 aromatic rings. The van der Waals surface area contributed by atoms with Crippen molar-refractivity contribution in [2.24, 2.45) is 10.7 Å². The predicted molar refractivity (Wildman–Crippen MR) is 84.6 cm³/mol. The Labute approximate surface area is 123 Å². The number of para-hydroxylation sites is 1. The highest BCUT2D eigenvalue weighted by Gasteiger charge is 2.28. The normalized spacial score (nSPS) is 18.0. The Morgan fingerprint density at radius 2 is 1.81 bits per heavy atom. The van der Waals surface area contributed by atoms with Crippen LogP contribution in [0.15, 0.2) is 53.5 Å².